The van der Waals surface area contributed by atoms with Gasteiger partial charge in [-0.15, -0.1) is 0 Å². The molecule has 1 aromatic rings. The molecule has 0 saturated heterocycles. The number of rotatable bonds is 2. The molecule has 1 aromatic carbocycles. The van der Waals surface area contributed by atoms with Crippen molar-refractivity contribution in [2.45, 2.75) is 11.8 Å². The first-order chi connectivity index (χ1) is 14.3. The van der Waals surface area contributed by atoms with Crippen molar-refractivity contribution in [3.63, 3.8) is 0 Å². The fraction of sp³-hybridized carbons (Fsp3) is 0.0400. The van der Waals surface area contributed by atoms with E-state index in [0.717, 1.165) is 0 Å². The zero-order valence-corrected chi connectivity index (χ0v) is 19.5. The van der Waals surface area contributed by atoms with Crippen LogP contribution in [0.3, 0.4) is 0 Å². The van der Waals surface area contributed by atoms with Crippen LogP contribution in [0.4, 0.5) is 0 Å². The van der Waals surface area contributed by atoms with Crippen molar-refractivity contribution in [3.8, 4) is 0 Å². The van der Waals surface area contributed by atoms with E-state index in [2.05, 4.69) is 52.9 Å². The van der Waals surface area contributed by atoms with Gasteiger partial charge in [0.2, 0.25) is 0 Å². The molecule has 4 rings (SSSR count). The Morgan fingerprint density at radius 3 is 1.23 bits per heavy atom. The normalized spacial score (nSPS) is 15.9. The topological polar surface area (TPSA) is 39.8 Å². The number of thioether (sulfide) groups is 1. The van der Waals surface area contributed by atoms with Gasteiger partial charge in [0, 0.05) is 17.1 Å². The molecule has 15 radical (unpaired) electrons. The Labute approximate surface area is 208 Å². The second-order valence-corrected chi connectivity index (χ2v) is 6.43. The quantitative estimate of drug-likeness (QED) is 0.236. The van der Waals surface area contributed by atoms with Crippen LogP contribution in [0.15, 0.2) is 35.2 Å². The molecule has 0 N–H and O–H groups in total. The van der Waals surface area contributed by atoms with Gasteiger partial charge in [0.25, 0.3) is 0 Å². The molecule has 2 nitrogen and oxygen atoms in total. The molecule has 3 fully saturated rings. The molecule has 3 aliphatic carbocycles. The minimum absolute atomic E-state index is 0. The summed E-state index contributed by atoms with van der Waals surface area (Å²) in [6.07, 6.45) is 28.2. The summed E-state index contributed by atoms with van der Waals surface area (Å²) in [6, 6.07) is 10.1. The zero-order valence-electron chi connectivity index (χ0n) is 16.4. The van der Waals surface area contributed by atoms with Crippen LogP contribution in [0.1, 0.15) is 6.92 Å². The predicted octanol–water partition coefficient (Wildman–Crippen LogP) is 5.34. The SMILES string of the molecule is C[C]1[CH][CH][CH][CH]1.[C-]#[O+].[C-]#[O+].[CH]1[CH][CH][CH][CH]1.[CH]1[CH][CH][CH][CH]1.[Fe].[Mn]=[C-]Sc1ccccc1. The summed E-state index contributed by atoms with van der Waals surface area (Å²) in [5.41, 5.74) is 0. The number of benzene rings is 1. The van der Waals surface area contributed by atoms with E-state index >= 15 is 0 Å². The fourth-order valence-electron chi connectivity index (χ4n) is 1.64. The van der Waals surface area contributed by atoms with Crippen molar-refractivity contribution in [1.29, 1.82) is 0 Å². The molecule has 0 aromatic heterocycles. The van der Waals surface area contributed by atoms with Gasteiger partial charge in [-0.25, -0.2) is 0 Å². The van der Waals surface area contributed by atoms with Crippen molar-refractivity contribution < 1.29 is 41.9 Å². The summed E-state index contributed by atoms with van der Waals surface area (Å²) in [5.74, 6) is 1.34. The van der Waals surface area contributed by atoms with E-state index < -0.39 is 0 Å². The average molecular weight is 497 g/mol. The van der Waals surface area contributed by atoms with E-state index in [1.54, 1.807) is 11.8 Å². The van der Waals surface area contributed by atoms with Crippen LogP contribution in [-0.2, 0) is 41.9 Å². The Balaban J connectivity index is -0.000000310. The van der Waals surface area contributed by atoms with Crippen LogP contribution in [0, 0.1) is 109 Å². The third kappa shape index (κ3) is 26.0. The van der Waals surface area contributed by atoms with Gasteiger partial charge in [0.05, 0.1) is 0 Å². The van der Waals surface area contributed by atoms with E-state index in [1.807, 2.05) is 107 Å². The molecule has 5 heteroatoms. The summed E-state index contributed by atoms with van der Waals surface area (Å²) in [6.45, 7) is 11.1. The first-order valence-corrected chi connectivity index (χ1v) is 9.73. The van der Waals surface area contributed by atoms with Gasteiger partial charge < -0.3 is 0 Å². The molecule has 0 spiro atoms. The third-order valence-electron chi connectivity index (χ3n) is 2.84. The molecule has 0 amide bonds. The van der Waals surface area contributed by atoms with Crippen molar-refractivity contribution in [1.82, 2.24) is 0 Å². The van der Waals surface area contributed by atoms with Crippen molar-refractivity contribution in [2.75, 3.05) is 0 Å². The van der Waals surface area contributed by atoms with Crippen LogP contribution in [0.5, 0.6) is 0 Å². The predicted molar refractivity (Wildman–Crippen MR) is 114 cm³/mol. The molecule has 0 aliphatic heterocycles. The monoisotopic (exact) mass is 497 g/mol. The zero-order chi connectivity index (χ0) is 22.0. The fourth-order valence-corrected chi connectivity index (χ4v) is 2.44. The molecule has 0 heterocycles. The van der Waals surface area contributed by atoms with E-state index in [4.69, 9.17) is 9.30 Å². The summed E-state index contributed by atoms with van der Waals surface area (Å²) >= 11 is 4.64. The summed E-state index contributed by atoms with van der Waals surface area (Å²) in [4.78, 5) is 1.20. The van der Waals surface area contributed by atoms with Gasteiger partial charge >= 0.3 is 89.4 Å². The number of hydrogen-bond acceptors (Lipinski definition) is 1. The molecule has 3 saturated carbocycles. The summed E-state index contributed by atoms with van der Waals surface area (Å²) in [5, 5.41) is 0. The first-order valence-electron chi connectivity index (χ1n) is 8.33. The molecule has 156 valence electrons. The van der Waals surface area contributed by atoms with Gasteiger partial charge in [-0.05, 0) is 95.8 Å². The maximum absolute atomic E-state index is 7.50. The van der Waals surface area contributed by atoms with Gasteiger partial charge in [-0.3, -0.25) is 0 Å². The summed E-state index contributed by atoms with van der Waals surface area (Å²) < 4.78 is 17.8. The Hall–Kier alpha value is -0.0410. The van der Waals surface area contributed by atoms with Crippen LogP contribution in [0.25, 0.3) is 0 Å². The molecular formula is C25H22FeMnO2S-. The molecule has 0 atom stereocenters. The Morgan fingerprint density at radius 2 is 1.00 bits per heavy atom. The molecule has 0 unspecified atom stereocenters. The van der Waals surface area contributed by atoms with E-state index in [1.165, 1.54) is 10.8 Å². The van der Waals surface area contributed by atoms with Gasteiger partial charge in [-0.1, -0.05) is 6.92 Å². The Kier molecular flexibility index (Phi) is 35.9. The van der Waals surface area contributed by atoms with Crippen LogP contribution < -0.4 is 0 Å². The van der Waals surface area contributed by atoms with Gasteiger partial charge in [-0.2, -0.15) is 0 Å². The molecular weight excluding hydrogens is 475 g/mol. The van der Waals surface area contributed by atoms with Crippen LogP contribution in [0.2, 0.25) is 0 Å². The maximum atomic E-state index is 7.50. The second-order valence-electron chi connectivity index (χ2n) is 4.88. The molecule has 30 heavy (non-hydrogen) atoms. The van der Waals surface area contributed by atoms with Crippen molar-refractivity contribution in [2.24, 2.45) is 0 Å². The number of hydrogen-bond donors (Lipinski definition) is 0. The molecule has 0 bridgehead atoms. The van der Waals surface area contributed by atoms with Crippen LogP contribution in [-0.4, -0.2) is 4.25 Å². The van der Waals surface area contributed by atoms with Gasteiger partial charge in [0.15, 0.2) is 0 Å². The van der Waals surface area contributed by atoms with Crippen molar-refractivity contribution >= 4 is 16.0 Å². The third-order valence-corrected chi connectivity index (χ3v) is 3.79. The Morgan fingerprint density at radius 1 is 0.667 bits per heavy atom. The second kappa shape index (κ2) is 31.1. The average Bonchev–Trinajstić information content (AvgIpc) is 3.59. The van der Waals surface area contributed by atoms with Crippen LogP contribution >= 0.6 is 11.8 Å². The first kappa shape index (κ1) is 34.6. The van der Waals surface area contributed by atoms with Gasteiger partial charge in [0.1, 0.15) is 0 Å². The van der Waals surface area contributed by atoms with E-state index in [0.29, 0.717) is 0 Å². The van der Waals surface area contributed by atoms with E-state index in [-0.39, 0.29) is 17.1 Å². The van der Waals surface area contributed by atoms with E-state index in [9.17, 15) is 0 Å². The Bertz CT molecular complexity index is 448. The van der Waals surface area contributed by atoms with Crippen molar-refractivity contribution in [3.05, 3.63) is 139 Å². The molecule has 3 aliphatic rings. The summed E-state index contributed by atoms with van der Waals surface area (Å²) in [7, 11) is 0. The minimum atomic E-state index is 0. The standard InChI is InChI=1S/C7H5S.C6H7.2C5H5.2CO.Fe.Mn/c1-8-7-5-3-2-4-6-7;1-6-4-2-3-5-6;2*1-2-4-5-3-1;2*1-2;;/h2-6H;2-5H,1H3;2*1-5H;;;;/q-1;;;;;;;.